The number of carbonyl (C=O) groups is 1. The number of rotatable bonds is 5. The molecule has 1 N–H and O–H groups in total. The van der Waals surface area contributed by atoms with Crippen molar-refractivity contribution < 1.29 is 18.7 Å². The molecule has 3 aromatic rings. The van der Waals surface area contributed by atoms with Crippen LogP contribution in [0.5, 0.6) is 11.5 Å². The maximum absolute atomic E-state index is 13.3. The van der Waals surface area contributed by atoms with Crippen LogP contribution in [0.4, 0.5) is 9.52 Å². The van der Waals surface area contributed by atoms with Crippen molar-refractivity contribution in [2.45, 2.75) is 6.10 Å². The molecule has 1 atom stereocenters. The maximum Gasteiger partial charge on any atom is 0.240 e. The second-order valence-corrected chi connectivity index (χ2v) is 7.40. The summed E-state index contributed by atoms with van der Waals surface area (Å²) >= 11 is 1.25. The van der Waals surface area contributed by atoms with E-state index in [9.17, 15) is 9.18 Å². The van der Waals surface area contributed by atoms with Crippen LogP contribution in [-0.4, -0.2) is 48.6 Å². The average Bonchev–Trinajstić information content (AvgIpc) is 3.02. The van der Waals surface area contributed by atoms with Crippen molar-refractivity contribution in [2.75, 3.05) is 32.1 Å². The quantitative estimate of drug-likeness (QED) is 0.729. The lowest BCUT2D eigenvalue weighted by Crippen LogP contribution is -2.42. The first-order valence-electron chi connectivity index (χ1n) is 8.50. The molecule has 1 aromatic heterocycles. The Bertz CT molecular complexity index is 978. The smallest absolute Gasteiger partial charge is 0.240 e. The number of anilines is 1. The first kappa shape index (κ1) is 17.7. The van der Waals surface area contributed by atoms with Gasteiger partial charge in [0.2, 0.25) is 5.91 Å². The molecule has 8 heteroatoms. The molecule has 140 valence electrons. The van der Waals surface area contributed by atoms with Gasteiger partial charge in [-0.25, -0.2) is 9.37 Å². The normalized spacial score (nSPS) is 15.9. The van der Waals surface area contributed by atoms with Crippen LogP contribution in [0.25, 0.3) is 10.2 Å². The molecule has 4 rings (SSSR count). The van der Waals surface area contributed by atoms with Gasteiger partial charge in [-0.3, -0.25) is 9.69 Å². The van der Waals surface area contributed by atoms with Crippen molar-refractivity contribution in [3.8, 4) is 11.5 Å². The van der Waals surface area contributed by atoms with E-state index in [4.69, 9.17) is 9.47 Å². The second kappa shape index (κ2) is 7.50. The minimum atomic E-state index is -0.319. The van der Waals surface area contributed by atoms with Crippen LogP contribution >= 0.6 is 11.3 Å². The van der Waals surface area contributed by atoms with E-state index in [0.29, 0.717) is 34.2 Å². The fourth-order valence-corrected chi connectivity index (χ4v) is 3.83. The van der Waals surface area contributed by atoms with Gasteiger partial charge in [0.05, 0.1) is 16.8 Å². The standard InChI is InChI=1S/C19H18FN3O3S/c1-23(9-13-11-25-15-4-2-3-5-16(15)26-13)10-18(24)22-19-21-14-7-6-12(20)8-17(14)27-19/h2-8,13H,9-11H2,1H3,(H,21,22,24). The Hall–Kier alpha value is -2.71. The zero-order chi connectivity index (χ0) is 18.8. The Morgan fingerprint density at radius 1 is 1.33 bits per heavy atom. The Morgan fingerprint density at radius 2 is 2.15 bits per heavy atom. The second-order valence-electron chi connectivity index (χ2n) is 6.37. The first-order chi connectivity index (χ1) is 13.1. The Kier molecular flexibility index (Phi) is 4.91. The van der Waals surface area contributed by atoms with Gasteiger partial charge in [-0.05, 0) is 37.4 Å². The highest BCUT2D eigenvalue weighted by Gasteiger charge is 2.22. The number of benzene rings is 2. The Morgan fingerprint density at radius 3 is 3.00 bits per heavy atom. The predicted molar refractivity (Wildman–Crippen MR) is 102 cm³/mol. The lowest BCUT2D eigenvalue weighted by molar-refractivity contribution is -0.117. The molecule has 1 amide bonds. The Balaban J connectivity index is 1.31. The van der Waals surface area contributed by atoms with Gasteiger partial charge in [0.25, 0.3) is 0 Å². The molecule has 0 aliphatic carbocycles. The maximum atomic E-state index is 13.3. The molecule has 2 heterocycles. The first-order valence-corrected chi connectivity index (χ1v) is 9.31. The number of hydrogen-bond donors (Lipinski definition) is 1. The molecule has 0 fully saturated rings. The summed E-state index contributed by atoms with van der Waals surface area (Å²) in [6.07, 6.45) is -0.150. The number of likely N-dealkylation sites (N-methyl/N-ethyl adjacent to an activating group) is 1. The van der Waals surface area contributed by atoms with E-state index in [-0.39, 0.29) is 24.4 Å². The minimum absolute atomic E-state index is 0.150. The van der Waals surface area contributed by atoms with Gasteiger partial charge in [0.15, 0.2) is 16.6 Å². The molecule has 0 saturated carbocycles. The van der Waals surface area contributed by atoms with Gasteiger partial charge in [-0.1, -0.05) is 23.5 Å². The van der Waals surface area contributed by atoms with Gasteiger partial charge < -0.3 is 14.8 Å². The number of aromatic nitrogens is 1. The summed E-state index contributed by atoms with van der Waals surface area (Å²) in [6, 6.07) is 11.9. The molecule has 1 aliphatic rings. The fourth-order valence-electron chi connectivity index (χ4n) is 2.92. The number of para-hydroxylation sites is 2. The van der Waals surface area contributed by atoms with Crippen LogP contribution in [0.15, 0.2) is 42.5 Å². The highest BCUT2D eigenvalue weighted by molar-refractivity contribution is 7.22. The van der Waals surface area contributed by atoms with Crippen LogP contribution in [-0.2, 0) is 4.79 Å². The molecular weight excluding hydrogens is 369 g/mol. The van der Waals surface area contributed by atoms with Crippen LogP contribution in [0, 0.1) is 5.82 Å². The third-order valence-electron chi connectivity index (χ3n) is 4.09. The summed E-state index contributed by atoms with van der Waals surface area (Å²) in [5.74, 6) is 0.948. The van der Waals surface area contributed by atoms with E-state index in [2.05, 4.69) is 10.3 Å². The zero-order valence-electron chi connectivity index (χ0n) is 14.6. The summed E-state index contributed by atoms with van der Waals surface area (Å²) in [4.78, 5) is 18.4. The summed E-state index contributed by atoms with van der Waals surface area (Å²) in [5.41, 5.74) is 0.663. The van der Waals surface area contributed by atoms with Crippen molar-refractivity contribution in [2.24, 2.45) is 0 Å². The van der Waals surface area contributed by atoms with E-state index < -0.39 is 0 Å². The van der Waals surface area contributed by atoms with E-state index in [1.807, 2.05) is 36.2 Å². The van der Waals surface area contributed by atoms with Crippen LogP contribution < -0.4 is 14.8 Å². The van der Waals surface area contributed by atoms with Crippen molar-refractivity contribution in [3.63, 3.8) is 0 Å². The number of hydrogen-bond acceptors (Lipinski definition) is 6. The summed E-state index contributed by atoms with van der Waals surface area (Å²) in [7, 11) is 1.84. The van der Waals surface area contributed by atoms with Crippen molar-refractivity contribution in [1.29, 1.82) is 0 Å². The number of fused-ring (bicyclic) bond motifs is 2. The lowest BCUT2D eigenvalue weighted by Gasteiger charge is -2.29. The van der Waals surface area contributed by atoms with E-state index in [1.54, 1.807) is 6.07 Å². The van der Waals surface area contributed by atoms with Gasteiger partial charge in [-0.2, -0.15) is 0 Å². The highest BCUT2D eigenvalue weighted by Crippen LogP contribution is 2.31. The molecular formula is C19H18FN3O3S. The monoisotopic (exact) mass is 387 g/mol. The number of thiazole rings is 1. The van der Waals surface area contributed by atoms with Crippen molar-refractivity contribution >= 4 is 32.6 Å². The van der Waals surface area contributed by atoms with Gasteiger partial charge in [0.1, 0.15) is 18.5 Å². The highest BCUT2D eigenvalue weighted by atomic mass is 32.1. The molecule has 2 aromatic carbocycles. The summed E-state index contributed by atoms with van der Waals surface area (Å²) in [6.45, 7) is 1.17. The number of amides is 1. The lowest BCUT2D eigenvalue weighted by atomic mass is 10.2. The SMILES string of the molecule is CN(CC(=O)Nc1nc2ccc(F)cc2s1)CC1COc2ccccc2O1. The molecule has 1 aliphatic heterocycles. The van der Waals surface area contributed by atoms with E-state index >= 15 is 0 Å². The van der Waals surface area contributed by atoms with Gasteiger partial charge in [-0.15, -0.1) is 0 Å². The van der Waals surface area contributed by atoms with E-state index in [0.717, 1.165) is 5.75 Å². The molecule has 27 heavy (non-hydrogen) atoms. The number of halogens is 1. The van der Waals surface area contributed by atoms with Crippen molar-refractivity contribution in [3.05, 3.63) is 48.3 Å². The third kappa shape index (κ3) is 4.17. The average molecular weight is 387 g/mol. The van der Waals surface area contributed by atoms with Crippen LogP contribution in [0.2, 0.25) is 0 Å². The topological polar surface area (TPSA) is 63.7 Å². The minimum Gasteiger partial charge on any atom is -0.486 e. The largest absolute Gasteiger partial charge is 0.486 e. The zero-order valence-corrected chi connectivity index (χ0v) is 15.5. The van der Waals surface area contributed by atoms with Gasteiger partial charge >= 0.3 is 0 Å². The number of nitrogens with zero attached hydrogens (tertiary/aromatic N) is 2. The summed E-state index contributed by atoms with van der Waals surface area (Å²) < 4.78 is 25.6. The molecule has 0 saturated heterocycles. The number of carbonyl (C=O) groups excluding carboxylic acids is 1. The van der Waals surface area contributed by atoms with Gasteiger partial charge in [0, 0.05) is 6.54 Å². The molecule has 0 bridgehead atoms. The van der Waals surface area contributed by atoms with E-state index in [1.165, 1.54) is 23.5 Å². The summed E-state index contributed by atoms with van der Waals surface area (Å²) in [5, 5.41) is 3.23. The third-order valence-corrected chi connectivity index (χ3v) is 5.03. The molecule has 0 spiro atoms. The van der Waals surface area contributed by atoms with Crippen LogP contribution in [0.3, 0.4) is 0 Å². The molecule has 0 radical (unpaired) electrons. The number of ether oxygens (including phenoxy) is 2. The number of nitrogens with one attached hydrogen (secondary N) is 1. The molecule has 1 unspecified atom stereocenters. The fraction of sp³-hybridized carbons (Fsp3) is 0.263. The molecule has 6 nitrogen and oxygen atoms in total. The van der Waals surface area contributed by atoms with Crippen LogP contribution in [0.1, 0.15) is 0 Å². The van der Waals surface area contributed by atoms with Crippen molar-refractivity contribution in [1.82, 2.24) is 9.88 Å². The predicted octanol–water partition coefficient (Wildman–Crippen LogP) is 3.15. The Labute approximate surface area is 159 Å².